The largest absolute Gasteiger partial charge is 0.375 e. The van der Waals surface area contributed by atoms with Crippen LogP contribution in [0.3, 0.4) is 0 Å². The van der Waals surface area contributed by atoms with Crippen LogP contribution in [0.25, 0.3) is 11.4 Å². The fraction of sp³-hybridized carbons (Fsp3) is 0.0833. The van der Waals surface area contributed by atoms with Crippen molar-refractivity contribution < 1.29 is 4.52 Å². The van der Waals surface area contributed by atoms with Gasteiger partial charge in [0.2, 0.25) is 11.7 Å². The second-order valence-corrected chi connectivity index (χ2v) is 6.15. The summed E-state index contributed by atoms with van der Waals surface area (Å²) in [4.78, 5) is 8.50. The predicted octanol–water partition coefficient (Wildman–Crippen LogP) is 3.78. The second-order valence-electron chi connectivity index (χ2n) is 3.99. The van der Waals surface area contributed by atoms with E-state index in [1.807, 2.05) is 17.5 Å². The summed E-state index contributed by atoms with van der Waals surface area (Å²) >= 11 is 10.7. The lowest BCUT2D eigenvalue weighted by Crippen LogP contribution is -1.90. The van der Waals surface area contributed by atoms with Gasteiger partial charge >= 0.3 is 0 Å². The highest BCUT2D eigenvalue weighted by atomic mass is 79.9. The number of aromatic nitrogens is 3. The van der Waals surface area contributed by atoms with Crippen molar-refractivity contribution in [2.45, 2.75) is 6.42 Å². The van der Waals surface area contributed by atoms with Crippen molar-refractivity contribution in [3.8, 4) is 11.4 Å². The normalized spacial score (nSPS) is 10.9. The molecule has 0 spiro atoms. The van der Waals surface area contributed by atoms with Crippen molar-refractivity contribution in [1.29, 1.82) is 0 Å². The number of hydrogen-bond acceptors (Lipinski definition) is 6. The molecule has 2 aromatic heterocycles. The van der Waals surface area contributed by atoms with Gasteiger partial charge in [0.1, 0.15) is 0 Å². The summed E-state index contributed by atoms with van der Waals surface area (Å²) in [5.74, 6) is 1.01. The van der Waals surface area contributed by atoms with Crippen LogP contribution >= 0.6 is 38.9 Å². The Morgan fingerprint density at radius 1 is 1.35 bits per heavy atom. The third-order valence-electron chi connectivity index (χ3n) is 2.55. The molecular formula is C12H8BrClN4OS. The summed E-state index contributed by atoms with van der Waals surface area (Å²) in [6.07, 6.45) is 0.468. The maximum absolute atomic E-state index is 5.95. The highest BCUT2D eigenvalue weighted by molar-refractivity contribution is 9.10. The van der Waals surface area contributed by atoms with E-state index in [1.165, 1.54) is 11.3 Å². The van der Waals surface area contributed by atoms with E-state index in [0.717, 1.165) is 15.7 Å². The third kappa shape index (κ3) is 2.84. The molecule has 0 saturated carbocycles. The predicted molar refractivity (Wildman–Crippen MR) is 81.8 cm³/mol. The first kappa shape index (κ1) is 13.5. The van der Waals surface area contributed by atoms with Crippen LogP contribution in [0.15, 0.2) is 32.6 Å². The number of nitrogens with zero attached hydrogens (tertiary/aromatic N) is 3. The number of thiazole rings is 1. The zero-order chi connectivity index (χ0) is 14.1. The zero-order valence-electron chi connectivity index (χ0n) is 10.0. The molecule has 0 amide bonds. The topological polar surface area (TPSA) is 77.8 Å². The minimum Gasteiger partial charge on any atom is -0.375 e. The summed E-state index contributed by atoms with van der Waals surface area (Å²) < 4.78 is 6.00. The Morgan fingerprint density at radius 3 is 2.90 bits per heavy atom. The van der Waals surface area contributed by atoms with Gasteiger partial charge in [0.05, 0.1) is 17.1 Å². The van der Waals surface area contributed by atoms with Crippen molar-refractivity contribution in [2.75, 3.05) is 5.73 Å². The van der Waals surface area contributed by atoms with Gasteiger partial charge in [0.15, 0.2) is 5.13 Å². The molecule has 3 aromatic rings. The van der Waals surface area contributed by atoms with Gasteiger partial charge in [-0.2, -0.15) is 4.98 Å². The Hall–Kier alpha value is -1.44. The monoisotopic (exact) mass is 370 g/mol. The second kappa shape index (κ2) is 5.51. The molecule has 102 valence electrons. The molecule has 0 atom stereocenters. The molecule has 8 heteroatoms. The standard InChI is InChI=1S/C12H8BrClN4OS/c13-8-3-6(1-2-9(8)14)11-17-10(19-18-11)4-7-5-20-12(15)16-7/h1-3,5H,4H2,(H2,15,16). The minimum atomic E-state index is 0.468. The maximum atomic E-state index is 5.95. The Labute approximate surface area is 131 Å². The Bertz CT molecular complexity index is 758. The van der Waals surface area contributed by atoms with Crippen LogP contribution in [0.2, 0.25) is 5.02 Å². The molecule has 3 rings (SSSR count). The van der Waals surface area contributed by atoms with Gasteiger partial charge in [-0.1, -0.05) is 16.8 Å². The summed E-state index contributed by atoms with van der Waals surface area (Å²) in [5.41, 5.74) is 7.23. The molecule has 20 heavy (non-hydrogen) atoms. The molecule has 0 unspecified atom stereocenters. The van der Waals surface area contributed by atoms with Crippen LogP contribution in [0, 0.1) is 0 Å². The minimum absolute atomic E-state index is 0.468. The Balaban J connectivity index is 1.84. The highest BCUT2D eigenvalue weighted by Crippen LogP contribution is 2.27. The number of halogens is 2. The summed E-state index contributed by atoms with van der Waals surface area (Å²) in [6, 6.07) is 5.46. The Kier molecular flexibility index (Phi) is 3.73. The van der Waals surface area contributed by atoms with Crippen LogP contribution in [0.1, 0.15) is 11.6 Å². The van der Waals surface area contributed by atoms with E-state index in [4.69, 9.17) is 21.9 Å². The molecule has 5 nitrogen and oxygen atoms in total. The van der Waals surface area contributed by atoms with Crippen molar-refractivity contribution >= 4 is 44.0 Å². The Morgan fingerprint density at radius 2 is 2.20 bits per heavy atom. The number of hydrogen-bond donors (Lipinski definition) is 1. The van der Waals surface area contributed by atoms with E-state index in [-0.39, 0.29) is 0 Å². The van der Waals surface area contributed by atoms with Crippen molar-refractivity contribution in [2.24, 2.45) is 0 Å². The van der Waals surface area contributed by atoms with Gasteiger partial charge in [-0.25, -0.2) is 4.98 Å². The van der Waals surface area contributed by atoms with Gasteiger partial charge in [0.25, 0.3) is 0 Å². The third-order valence-corrected chi connectivity index (χ3v) is 4.48. The van der Waals surface area contributed by atoms with E-state index in [1.54, 1.807) is 6.07 Å². The van der Waals surface area contributed by atoms with Crippen LogP contribution < -0.4 is 5.73 Å². The lowest BCUT2D eigenvalue weighted by atomic mass is 10.2. The van der Waals surface area contributed by atoms with Gasteiger partial charge in [-0.3, -0.25) is 0 Å². The smallest absolute Gasteiger partial charge is 0.233 e. The van der Waals surface area contributed by atoms with Crippen LogP contribution in [0.5, 0.6) is 0 Å². The molecule has 2 N–H and O–H groups in total. The zero-order valence-corrected chi connectivity index (χ0v) is 13.2. The first-order valence-corrected chi connectivity index (χ1v) is 7.65. The first-order chi connectivity index (χ1) is 9.61. The highest BCUT2D eigenvalue weighted by Gasteiger charge is 2.11. The van der Waals surface area contributed by atoms with Gasteiger partial charge < -0.3 is 10.3 Å². The molecule has 1 aromatic carbocycles. The number of rotatable bonds is 3. The van der Waals surface area contributed by atoms with E-state index < -0.39 is 0 Å². The van der Waals surface area contributed by atoms with E-state index >= 15 is 0 Å². The summed E-state index contributed by atoms with van der Waals surface area (Å²) in [5, 5.41) is 6.99. The molecule has 0 aliphatic rings. The van der Waals surface area contributed by atoms with E-state index in [0.29, 0.717) is 28.3 Å². The molecule has 0 fully saturated rings. The molecular weight excluding hydrogens is 364 g/mol. The van der Waals surface area contributed by atoms with Crippen molar-refractivity contribution in [3.63, 3.8) is 0 Å². The molecule has 0 saturated heterocycles. The first-order valence-electron chi connectivity index (χ1n) is 5.60. The van der Waals surface area contributed by atoms with Crippen molar-refractivity contribution in [3.05, 3.63) is 44.7 Å². The average Bonchev–Trinajstić information content (AvgIpc) is 3.03. The van der Waals surface area contributed by atoms with Gasteiger partial charge in [-0.05, 0) is 34.1 Å². The SMILES string of the molecule is Nc1nc(Cc2nc(-c3ccc(Cl)c(Br)c3)no2)cs1. The lowest BCUT2D eigenvalue weighted by Gasteiger charge is -1.97. The molecule has 0 aliphatic heterocycles. The fourth-order valence-corrected chi connectivity index (χ4v) is 2.70. The maximum Gasteiger partial charge on any atom is 0.233 e. The summed E-state index contributed by atoms with van der Waals surface area (Å²) in [7, 11) is 0. The number of benzene rings is 1. The van der Waals surface area contributed by atoms with E-state index in [9.17, 15) is 0 Å². The van der Waals surface area contributed by atoms with Gasteiger partial charge in [-0.15, -0.1) is 11.3 Å². The fourth-order valence-electron chi connectivity index (χ4n) is 1.64. The van der Waals surface area contributed by atoms with Crippen molar-refractivity contribution in [1.82, 2.24) is 15.1 Å². The van der Waals surface area contributed by atoms with Crippen LogP contribution in [0.4, 0.5) is 5.13 Å². The number of nitrogens with two attached hydrogens (primary N) is 1. The quantitative estimate of drug-likeness (QED) is 0.758. The van der Waals surface area contributed by atoms with Crippen LogP contribution in [-0.4, -0.2) is 15.1 Å². The number of anilines is 1. The molecule has 2 heterocycles. The average molecular weight is 372 g/mol. The van der Waals surface area contributed by atoms with Gasteiger partial charge in [0, 0.05) is 15.4 Å². The molecule has 0 radical (unpaired) electrons. The number of nitrogen functional groups attached to an aromatic ring is 1. The summed E-state index contributed by atoms with van der Waals surface area (Å²) in [6.45, 7) is 0. The van der Waals surface area contributed by atoms with Crippen LogP contribution in [-0.2, 0) is 6.42 Å². The van der Waals surface area contributed by atoms with E-state index in [2.05, 4.69) is 31.1 Å². The molecule has 0 aliphatic carbocycles. The lowest BCUT2D eigenvalue weighted by molar-refractivity contribution is 0.385. The molecule has 0 bridgehead atoms.